The van der Waals surface area contributed by atoms with Gasteiger partial charge in [-0.25, -0.2) is 4.39 Å². The maximum absolute atomic E-state index is 13.5. The second kappa shape index (κ2) is 6.01. The van der Waals surface area contributed by atoms with E-state index in [0.29, 0.717) is 11.5 Å². The number of hydrogen-bond donors (Lipinski definition) is 1. The van der Waals surface area contributed by atoms with Gasteiger partial charge in [-0.05, 0) is 30.2 Å². The second-order valence-electron chi connectivity index (χ2n) is 4.24. The fourth-order valence-corrected chi connectivity index (χ4v) is 1.94. The van der Waals surface area contributed by atoms with Gasteiger partial charge in [0.1, 0.15) is 5.82 Å². The predicted molar refractivity (Wildman–Crippen MR) is 78.3 cm³/mol. The monoisotopic (exact) mass is 295 g/mol. The summed E-state index contributed by atoms with van der Waals surface area (Å²) >= 11 is 5.65. The van der Waals surface area contributed by atoms with E-state index in [-0.39, 0.29) is 16.5 Å². The lowest BCUT2D eigenvalue weighted by molar-refractivity contribution is 0.378. The molecule has 0 aliphatic carbocycles. The van der Waals surface area contributed by atoms with Crippen molar-refractivity contribution in [3.8, 4) is 17.2 Å². The summed E-state index contributed by atoms with van der Waals surface area (Å²) in [5, 5.41) is -0.0388. The molecule has 0 aromatic heterocycles. The number of benzene rings is 2. The molecule has 106 valence electrons. The lowest BCUT2D eigenvalue weighted by atomic mass is 10.1. The van der Waals surface area contributed by atoms with Gasteiger partial charge in [0.2, 0.25) is 0 Å². The van der Waals surface area contributed by atoms with E-state index in [4.69, 9.17) is 26.8 Å². The summed E-state index contributed by atoms with van der Waals surface area (Å²) in [5.41, 5.74) is 7.15. The van der Waals surface area contributed by atoms with Crippen LogP contribution in [0, 0.1) is 5.82 Å². The Morgan fingerprint density at radius 2 is 1.90 bits per heavy atom. The van der Waals surface area contributed by atoms with Gasteiger partial charge in [-0.15, -0.1) is 0 Å². The summed E-state index contributed by atoms with van der Waals surface area (Å²) < 4.78 is 24.4. The van der Waals surface area contributed by atoms with Crippen LogP contribution >= 0.6 is 11.6 Å². The van der Waals surface area contributed by atoms with E-state index in [1.54, 1.807) is 13.2 Å². The Labute approximate surface area is 122 Å². The number of hydrogen-bond acceptors (Lipinski definition) is 3. The Morgan fingerprint density at radius 3 is 2.55 bits per heavy atom. The van der Waals surface area contributed by atoms with Crippen LogP contribution in [0.15, 0.2) is 30.3 Å². The quantitative estimate of drug-likeness (QED) is 0.849. The van der Waals surface area contributed by atoms with Crippen molar-refractivity contribution in [2.75, 3.05) is 12.8 Å². The molecule has 0 spiro atoms. The van der Waals surface area contributed by atoms with Crippen molar-refractivity contribution in [1.29, 1.82) is 0 Å². The van der Waals surface area contributed by atoms with Gasteiger partial charge in [0, 0.05) is 6.07 Å². The number of halogens is 2. The first kappa shape index (κ1) is 14.5. The van der Waals surface area contributed by atoms with Gasteiger partial charge in [-0.1, -0.05) is 24.6 Å². The summed E-state index contributed by atoms with van der Waals surface area (Å²) in [4.78, 5) is 0. The standard InChI is InChI=1S/C15H15ClFNO2/c1-3-9-4-5-13(15(6-9)19-2)20-14-8-11(17)10(16)7-12(14)18/h4-8H,3,18H2,1-2H3. The molecule has 20 heavy (non-hydrogen) atoms. The fourth-order valence-electron chi connectivity index (χ4n) is 1.77. The van der Waals surface area contributed by atoms with Gasteiger partial charge in [-0.3, -0.25) is 0 Å². The number of rotatable bonds is 4. The van der Waals surface area contributed by atoms with E-state index >= 15 is 0 Å². The summed E-state index contributed by atoms with van der Waals surface area (Å²) in [5.74, 6) is 0.659. The Morgan fingerprint density at radius 1 is 1.15 bits per heavy atom. The molecular weight excluding hydrogens is 281 g/mol. The van der Waals surface area contributed by atoms with Gasteiger partial charge < -0.3 is 15.2 Å². The van der Waals surface area contributed by atoms with Crippen LogP contribution in [0.3, 0.4) is 0 Å². The Hall–Kier alpha value is -1.94. The minimum Gasteiger partial charge on any atom is -0.493 e. The first-order valence-corrected chi connectivity index (χ1v) is 6.52. The minimum atomic E-state index is -0.583. The van der Waals surface area contributed by atoms with E-state index in [1.807, 2.05) is 19.1 Å². The lowest BCUT2D eigenvalue weighted by Gasteiger charge is -2.13. The van der Waals surface area contributed by atoms with E-state index < -0.39 is 5.82 Å². The zero-order valence-electron chi connectivity index (χ0n) is 11.2. The highest BCUT2D eigenvalue weighted by Gasteiger charge is 2.11. The highest BCUT2D eigenvalue weighted by molar-refractivity contribution is 6.31. The molecule has 2 aromatic rings. The van der Waals surface area contributed by atoms with Crippen LogP contribution in [0.2, 0.25) is 5.02 Å². The van der Waals surface area contributed by atoms with Crippen LogP contribution in [-0.4, -0.2) is 7.11 Å². The van der Waals surface area contributed by atoms with Crippen LogP contribution in [0.1, 0.15) is 12.5 Å². The third-order valence-corrected chi connectivity index (χ3v) is 3.20. The molecule has 0 saturated heterocycles. The van der Waals surface area contributed by atoms with Crippen molar-refractivity contribution >= 4 is 17.3 Å². The number of nitrogen functional groups attached to an aromatic ring is 1. The molecule has 0 fully saturated rings. The molecule has 5 heteroatoms. The van der Waals surface area contributed by atoms with Crippen LogP contribution in [-0.2, 0) is 6.42 Å². The Balaban J connectivity index is 2.37. The fraction of sp³-hybridized carbons (Fsp3) is 0.200. The maximum atomic E-state index is 13.5. The SMILES string of the molecule is CCc1ccc(Oc2cc(F)c(Cl)cc2N)c(OC)c1. The summed E-state index contributed by atoms with van der Waals surface area (Å²) in [6.45, 7) is 2.04. The molecule has 2 aromatic carbocycles. The van der Waals surface area contributed by atoms with E-state index in [9.17, 15) is 4.39 Å². The van der Waals surface area contributed by atoms with Crippen LogP contribution in [0.5, 0.6) is 17.2 Å². The second-order valence-corrected chi connectivity index (χ2v) is 4.65. The van der Waals surface area contributed by atoms with Gasteiger partial charge in [0.05, 0.1) is 17.8 Å². The first-order chi connectivity index (χ1) is 9.55. The van der Waals surface area contributed by atoms with Crippen LogP contribution in [0.25, 0.3) is 0 Å². The molecule has 0 bridgehead atoms. The Kier molecular flexibility index (Phi) is 4.35. The molecule has 3 nitrogen and oxygen atoms in total. The molecule has 0 atom stereocenters. The molecule has 0 amide bonds. The van der Waals surface area contributed by atoms with Crippen LogP contribution < -0.4 is 15.2 Å². The van der Waals surface area contributed by atoms with E-state index in [0.717, 1.165) is 18.1 Å². The zero-order chi connectivity index (χ0) is 14.7. The van der Waals surface area contributed by atoms with E-state index in [2.05, 4.69) is 0 Å². The van der Waals surface area contributed by atoms with Crippen molar-refractivity contribution in [2.45, 2.75) is 13.3 Å². The number of aryl methyl sites for hydroxylation is 1. The van der Waals surface area contributed by atoms with Crippen molar-refractivity contribution in [3.63, 3.8) is 0 Å². The van der Waals surface area contributed by atoms with Gasteiger partial charge in [0.15, 0.2) is 17.2 Å². The molecular formula is C15H15ClFNO2. The highest BCUT2D eigenvalue weighted by atomic mass is 35.5. The molecule has 0 heterocycles. The van der Waals surface area contributed by atoms with E-state index in [1.165, 1.54) is 6.07 Å². The number of methoxy groups -OCH3 is 1. The highest BCUT2D eigenvalue weighted by Crippen LogP contribution is 2.36. The normalized spacial score (nSPS) is 10.4. The molecule has 0 aliphatic rings. The largest absolute Gasteiger partial charge is 0.493 e. The third-order valence-electron chi connectivity index (χ3n) is 2.91. The minimum absolute atomic E-state index is 0.0388. The van der Waals surface area contributed by atoms with Crippen molar-refractivity contribution < 1.29 is 13.9 Å². The van der Waals surface area contributed by atoms with Crippen LogP contribution in [0.4, 0.5) is 10.1 Å². The first-order valence-electron chi connectivity index (χ1n) is 6.14. The molecule has 0 unspecified atom stereocenters. The number of nitrogens with two attached hydrogens (primary N) is 1. The predicted octanol–water partition coefficient (Wildman–Crippen LogP) is 4.42. The molecule has 2 N–H and O–H groups in total. The van der Waals surface area contributed by atoms with Gasteiger partial charge in [0.25, 0.3) is 0 Å². The average Bonchev–Trinajstić information content (AvgIpc) is 2.45. The smallest absolute Gasteiger partial charge is 0.169 e. The average molecular weight is 296 g/mol. The maximum Gasteiger partial charge on any atom is 0.169 e. The molecule has 0 radical (unpaired) electrons. The van der Waals surface area contributed by atoms with Gasteiger partial charge >= 0.3 is 0 Å². The summed E-state index contributed by atoms with van der Waals surface area (Å²) in [6.07, 6.45) is 0.883. The molecule has 0 saturated carbocycles. The molecule has 2 rings (SSSR count). The zero-order valence-corrected chi connectivity index (χ0v) is 12.0. The topological polar surface area (TPSA) is 44.5 Å². The molecule has 0 aliphatic heterocycles. The summed E-state index contributed by atoms with van der Waals surface area (Å²) in [7, 11) is 1.55. The third kappa shape index (κ3) is 2.96. The summed E-state index contributed by atoms with van der Waals surface area (Å²) in [6, 6.07) is 8.03. The number of anilines is 1. The Bertz CT molecular complexity index is 632. The van der Waals surface area contributed by atoms with Crippen molar-refractivity contribution in [2.24, 2.45) is 0 Å². The van der Waals surface area contributed by atoms with Crippen molar-refractivity contribution in [1.82, 2.24) is 0 Å². The number of ether oxygens (including phenoxy) is 2. The van der Waals surface area contributed by atoms with Crippen molar-refractivity contribution in [3.05, 3.63) is 46.7 Å². The lowest BCUT2D eigenvalue weighted by Crippen LogP contribution is -1.96. The van der Waals surface area contributed by atoms with Gasteiger partial charge in [-0.2, -0.15) is 0 Å².